The van der Waals surface area contributed by atoms with Crippen LogP contribution in [0.2, 0.25) is 0 Å². The van der Waals surface area contributed by atoms with Gasteiger partial charge < -0.3 is 15.2 Å². The van der Waals surface area contributed by atoms with E-state index in [0.717, 1.165) is 12.0 Å². The van der Waals surface area contributed by atoms with Crippen LogP contribution in [0.5, 0.6) is 0 Å². The minimum atomic E-state index is -0.991. The first-order chi connectivity index (χ1) is 10.1. The number of carbonyl (C=O) groups is 2. The van der Waals surface area contributed by atoms with Crippen LogP contribution in [-0.4, -0.2) is 29.2 Å². The molecule has 2 heterocycles. The van der Waals surface area contributed by atoms with Crippen LogP contribution in [0.15, 0.2) is 36.4 Å². The van der Waals surface area contributed by atoms with Crippen LogP contribution >= 0.6 is 0 Å². The van der Waals surface area contributed by atoms with Gasteiger partial charge in [0.1, 0.15) is 5.92 Å². The summed E-state index contributed by atoms with van der Waals surface area (Å²) in [5.41, 5.74) is 1.81. The van der Waals surface area contributed by atoms with E-state index in [0.29, 0.717) is 5.69 Å². The van der Waals surface area contributed by atoms with Crippen LogP contribution in [0, 0.1) is 11.8 Å². The van der Waals surface area contributed by atoms with Crippen molar-refractivity contribution in [2.75, 3.05) is 5.32 Å². The van der Waals surface area contributed by atoms with Crippen LogP contribution in [-0.2, 0) is 20.7 Å². The second kappa shape index (κ2) is 5.33. The van der Waals surface area contributed by atoms with Gasteiger partial charge in [-0.05, 0) is 24.1 Å². The average molecular weight is 287 g/mol. The zero-order valence-electron chi connectivity index (χ0n) is 11.7. The Morgan fingerprint density at radius 1 is 1.24 bits per heavy atom. The lowest BCUT2D eigenvalue weighted by Gasteiger charge is -2.21. The molecule has 2 bridgehead atoms. The number of benzene rings is 1. The molecule has 0 radical (unpaired) electrons. The van der Waals surface area contributed by atoms with Gasteiger partial charge in [0.05, 0.1) is 18.1 Å². The van der Waals surface area contributed by atoms with Gasteiger partial charge in [0, 0.05) is 5.69 Å². The number of aliphatic carboxylic acids is 1. The third-order valence-electron chi connectivity index (χ3n) is 4.09. The van der Waals surface area contributed by atoms with E-state index in [9.17, 15) is 14.7 Å². The lowest BCUT2D eigenvalue weighted by Crippen LogP contribution is -2.39. The molecule has 1 aromatic rings. The topological polar surface area (TPSA) is 75.6 Å². The minimum absolute atomic E-state index is 0.299. The molecule has 2 N–H and O–H groups in total. The van der Waals surface area contributed by atoms with Crippen LogP contribution in [0.25, 0.3) is 0 Å². The number of hydrogen-bond donors (Lipinski definition) is 2. The zero-order chi connectivity index (χ0) is 15.0. The van der Waals surface area contributed by atoms with Crippen molar-refractivity contribution in [1.82, 2.24) is 0 Å². The van der Waals surface area contributed by atoms with Gasteiger partial charge in [0.25, 0.3) is 0 Å². The first-order valence-electron chi connectivity index (χ1n) is 7.06. The lowest BCUT2D eigenvalue weighted by molar-refractivity contribution is -0.145. The molecular formula is C16H17NO4. The van der Waals surface area contributed by atoms with Gasteiger partial charge in [-0.1, -0.05) is 31.2 Å². The van der Waals surface area contributed by atoms with Crippen molar-refractivity contribution in [3.8, 4) is 0 Å². The van der Waals surface area contributed by atoms with Gasteiger partial charge in [-0.25, -0.2) is 0 Å². The molecule has 2 aliphatic rings. The van der Waals surface area contributed by atoms with E-state index in [1.807, 2.05) is 25.1 Å². The number of ether oxygens (including phenoxy) is 1. The fourth-order valence-electron chi connectivity index (χ4n) is 3.01. The number of hydrogen-bond acceptors (Lipinski definition) is 3. The predicted octanol–water partition coefficient (Wildman–Crippen LogP) is 1.84. The number of carboxylic acid groups (broad SMARTS) is 1. The number of rotatable bonds is 4. The number of nitrogens with one attached hydrogen (secondary N) is 1. The molecule has 4 atom stereocenters. The smallest absolute Gasteiger partial charge is 0.310 e. The lowest BCUT2D eigenvalue weighted by atomic mass is 9.82. The summed E-state index contributed by atoms with van der Waals surface area (Å²) in [5.74, 6) is -2.78. The molecular weight excluding hydrogens is 270 g/mol. The molecule has 5 nitrogen and oxygen atoms in total. The van der Waals surface area contributed by atoms with E-state index in [2.05, 4.69) is 5.32 Å². The summed E-state index contributed by atoms with van der Waals surface area (Å²) in [6.07, 6.45) is 3.44. The van der Waals surface area contributed by atoms with Gasteiger partial charge in [0.2, 0.25) is 5.91 Å². The van der Waals surface area contributed by atoms with Crippen LogP contribution < -0.4 is 5.32 Å². The highest BCUT2D eigenvalue weighted by Gasteiger charge is 2.53. The summed E-state index contributed by atoms with van der Waals surface area (Å²) >= 11 is 0. The summed E-state index contributed by atoms with van der Waals surface area (Å²) in [6, 6.07) is 7.56. The van der Waals surface area contributed by atoms with Crippen LogP contribution in [0.4, 0.5) is 5.69 Å². The summed E-state index contributed by atoms with van der Waals surface area (Å²) < 4.78 is 5.51. The number of fused-ring (bicyclic) bond motifs is 2. The normalized spacial score (nSPS) is 29.6. The molecule has 1 aromatic carbocycles. The van der Waals surface area contributed by atoms with Crippen LogP contribution in [0.1, 0.15) is 12.5 Å². The second-order valence-corrected chi connectivity index (χ2v) is 5.38. The summed E-state index contributed by atoms with van der Waals surface area (Å²) in [6.45, 7) is 2.04. The quantitative estimate of drug-likeness (QED) is 0.829. The average Bonchev–Trinajstić information content (AvgIpc) is 3.07. The van der Waals surface area contributed by atoms with Crippen molar-refractivity contribution in [2.45, 2.75) is 25.6 Å². The molecule has 1 saturated heterocycles. The summed E-state index contributed by atoms with van der Waals surface area (Å²) in [7, 11) is 0. The largest absolute Gasteiger partial charge is 0.481 e. The third-order valence-corrected chi connectivity index (χ3v) is 4.09. The number of amides is 1. The van der Waals surface area contributed by atoms with E-state index in [1.54, 1.807) is 18.2 Å². The molecule has 21 heavy (non-hydrogen) atoms. The summed E-state index contributed by atoms with van der Waals surface area (Å²) in [4.78, 5) is 23.8. The van der Waals surface area contributed by atoms with Crippen molar-refractivity contribution in [3.63, 3.8) is 0 Å². The van der Waals surface area contributed by atoms with Crippen LogP contribution in [0.3, 0.4) is 0 Å². The Bertz CT molecular complexity index is 610. The van der Waals surface area contributed by atoms with Gasteiger partial charge in [-0.2, -0.15) is 0 Å². The van der Waals surface area contributed by atoms with Gasteiger partial charge in [-0.15, -0.1) is 0 Å². The number of aryl methyl sites for hydroxylation is 1. The Balaban J connectivity index is 1.78. The fourth-order valence-corrected chi connectivity index (χ4v) is 3.01. The van der Waals surface area contributed by atoms with E-state index in [-0.39, 0.29) is 5.91 Å². The molecule has 0 aliphatic carbocycles. The van der Waals surface area contributed by atoms with Gasteiger partial charge in [-0.3, -0.25) is 9.59 Å². The molecule has 1 amide bonds. The zero-order valence-corrected chi connectivity index (χ0v) is 11.7. The Kier molecular flexibility index (Phi) is 3.51. The maximum absolute atomic E-state index is 12.4. The first kappa shape index (κ1) is 13.8. The highest BCUT2D eigenvalue weighted by Crippen LogP contribution is 2.39. The first-order valence-corrected chi connectivity index (χ1v) is 7.06. The van der Waals surface area contributed by atoms with E-state index >= 15 is 0 Å². The molecule has 110 valence electrons. The van der Waals surface area contributed by atoms with Crippen molar-refractivity contribution in [3.05, 3.63) is 42.0 Å². The Morgan fingerprint density at radius 3 is 2.62 bits per heavy atom. The summed E-state index contributed by atoms with van der Waals surface area (Å²) in [5, 5.41) is 12.1. The van der Waals surface area contributed by atoms with Crippen molar-refractivity contribution in [2.24, 2.45) is 11.8 Å². The van der Waals surface area contributed by atoms with E-state index in [4.69, 9.17) is 4.74 Å². The number of carboxylic acids is 1. The molecule has 4 unspecified atom stereocenters. The second-order valence-electron chi connectivity index (χ2n) is 5.38. The molecule has 1 fully saturated rings. The highest BCUT2D eigenvalue weighted by molar-refractivity contribution is 5.96. The molecule has 0 spiro atoms. The van der Waals surface area contributed by atoms with E-state index in [1.165, 1.54) is 0 Å². The number of anilines is 1. The van der Waals surface area contributed by atoms with Gasteiger partial charge >= 0.3 is 5.97 Å². The maximum Gasteiger partial charge on any atom is 0.310 e. The van der Waals surface area contributed by atoms with Crippen molar-refractivity contribution in [1.29, 1.82) is 0 Å². The van der Waals surface area contributed by atoms with Crippen molar-refractivity contribution >= 4 is 17.6 Å². The molecule has 3 rings (SSSR count). The minimum Gasteiger partial charge on any atom is -0.481 e. The predicted molar refractivity (Wildman–Crippen MR) is 76.9 cm³/mol. The number of carbonyl (C=O) groups excluding carboxylic acids is 1. The monoisotopic (exact) mass is 287 g/mol. The third kappa shape index (κ3) is 2.45. The highest BCUT2D eigenvalue weighted by atomic mass is 16.5. The standard InChI is InChI=1S/C16H17NO4/c1-2-9-4-3-5-10(8-9)17-15(18)13-11-6-7-12(21-11)14(13)16(19)20/h3-8,11-14H,2H2,1H3,(H,17,18)(H,19,20). The fraction of sp³-hybridized carbons (Fsp3) is 0.375. The maximum atomic E-state index is 12.4. The van der Waals surface area contributed by atoms with Gasteiger partial charge in [0.15, 0.2) is 0 Å². The molecule has 5 heteroatoms. The Hall–Kier alpha value is -2.14. The Morgan fingerprint density at radius 2 is 1.95 bits per heavy atom. The Labute approximate surface area is 122 Å². The SMILES string of the molecule is CCc1cccc(NC(=O)C2C3C=CC(O3)C2C(=O)O)c1. The molecule has 0 saturated carbocycles. The molecule has 0 aromatic heterocycles. The van der Waals surface area contributed by atoms with E-state index < -0.39 is 30.0 Å². The molecule has 2 aliphatic heterocycles. The van der Waals surface area contributed by atoms with Crippen molar-refractivity contribution < 1.29 is 19.4 Å².